The first-order valence-corrected chi connectivity index (χ1v) is 6.59. The summed E-state index contributed by atoms with van der Waals surface area (Å²) in [6.45, 7) is 1.29. The Bertz CT molecular complexity index is 650. The number of nitrogens with two attached hydrogens (primary N) is 1. The molecule has 3 rings (SSSR count). The molecule has 0 aliphatic carbocycles. The smallest absolute Gasteiger partial charge is 0.254 e. The molecule has 2 aromatic rings. The lowest BCUT2D eigenvalue weighted by molar-refractivity contribution is 0.0734. The fourth-order valence-electron chi connectivity index (χ4n) is 2.54. The van der Waals surface area contributed by atoms with E-state index in [0.29, 0.717) is 18.7 Å². The van der Waals surface area contributed by atoms with Crippen LogP contribution in [0.1, 0.15) is 21.5 Å². The van der Waals surface area contributed by atoms with Gasteiger partial charge < -0.3 is 15.7 Å². The molecule has 0 bridgehead atoms. The third-order valence-corrected chi connectivity index (χ3v) is 3.64. The monoisotopic (exact) mass is 268 g/mol. The average molecular weight is 268 g/mol. The van der Waals surface area contributed by atoms with E-state index in [1.54, 1.807) is 12.1 Å². The number of carbonyl (C=O) groups is 1. The lowest BCUT2D eigenvalue weighted by Gasteiger charge is -2.29. The van der Waals surface area contributed by atoms with Gasteiger partial charge in [0.15, 0.2) is 0 Å². The Kier molecular flexibility index (Phi) is 3.06. The van der Waals surface area contributed by atoms with E-state index in [-0.39, 0.29) is 11.7 Å². The molecule has 4 heteroatoms. The number of phenolic OH excluding ortho intramolecular Hbond substituents is 1. The summed E-state index contributed by atoms with van der Waals surface area (Å²) >= 11 is 0. The number of carbonyl (C=O) groups excluding carboxylic acids is 1. The van der Waals surface area contributed by atoms with Crippen LogP contribution < -0.4 is 5.73 Å². The van der Waals surface area contributed by atoms with Crippen molar-refractivity contribution < 1.29 is 9.90 Å². The van der Waals surface area contributed by atoms with Crippen LogP contribution in [0.3, 0.4) is 0 Å². The zero-order valence-corrected chi connectivity index (χ0v) is 11.0. The largest absolute Gasteiger partial charge is 0.508 e. The van der Waals surface area contributed by atoms with Gasteiger partial charge in [0.25, 0.3) is 5.91 Å². The van der Waals surface area contributed by atoms with Crippen LogP contribution in [0, 0.1) is 0 Å². The number of rotatable bonds is 1. The lowest BCUT2D eigenvalue weighted by Crippen LogP contribution is -2.35. The number of nitrogen functional groups attached to an aromatic ring is 1. The highest BCUT2D eigenvalue weighted by atomic mass is 16.3. The number of fused-ring (bicyclic) bond motifs is 1. The van der Waals surface area contributed by atoms with Gasteiger partial charge in [-0.05, 0) is 53.9 Å². The predicted octanol–water partition coefficient (Wildman–Crippen LogP) is 2.17. The third kappa shape index (κ3) is 2.32. The maximum absolute atomic E-state index is 12.4. The molecule has 1 aliphatic heterocycles. The van der Waals surface area contributed by atoms with Crippen LogP contribution in [-0.4, -0.2) is 22.5 Å². The second-order valence-corrected chi connectivity index (χ2v) is 5.05. The van der Waals surface area contributed by atoms with E-state index in [1.165, 1.54) is 17.7 Å². The second-order valence-electron chi connectivity index (χ2n) is 5.05. The SMILES string of the molecule is Nc1ccc2c(c1)CN(C(=O)c1ccc(O)cc1)CC2. The number of phenols is 1. The molecule has 0 atom stereocenters. The van der Waals surface area contributed by atoms with Gasteiger partial charge in [-0.3, -0.25) is 4.79 Å². The highest BCUT2D eigenvalue weighted by molar-refractivity contribution is 5.94. The summed E-state index contributed by atoms with van der Waals surface area (Å²) in [6, 6.07) is 12.2. The normalized spacial score (nSPS) is 13.9. The van der Waals surface area contributed by atoms with Crippen LogP contribution >= 0.6 is 0 Å². The molecule has 0 radical (unpaired) electrons. The van der Waals surface area contributed by atoms with Gasteiger partial charge >= 0.3 is 0 Å². The molecule has 0 saturated heterocycles. The van der Waals surface area contributed by atoms with Crippen LogP contribution in [-0.2, 0) is 13.0 Å². The molecule has 2 aromatic carbocycles. The molecule has 4 nitrogen and oxygen atoms in total. The molecule has 0 spiro atoms. The van der Waals surface area contributed by atoms with E-state index in [2.05, 4.69) is 0 Å². The molecular formula is C16H16N2O2. The van der Waals surface area contributed by atoms with Crippen molar-refractivity contribution in [2.24, 2.45) is 0 Å². The van der Waals surface area contributed by atoms with Gasteiger partial charge in [-0.25, -0.2) is 0 Å². The number of anilines is 1. The Morgan fingerprint density at radius 3 is 2.60 bits per heavy atom. The number of benzene rings is 2. The average Bonchev–Trinajstić information content (AvgIpc) is 2.46. The van der Waals surface area contributed by atoms with E-state index < -0.39 is 0 Å². The van der Waals surface area contributed by atoms with Crippen molar-refractivity contribution in [3.05, 3.63) is 59.2 Å². The summed E-state index contributed by atoms with van der Waals surface area (Å²) in [5.74, 6) is 0.149. The van der Waals surface area contributed by atoms with Crippen molar-refractivity contribution in [2.75, 3.05) is 12.3 Å². The highest BCUT2D eigenvalue weighted by Crippen LogP contribution is 2.23. The highest BCUT2D eigenvalue weighted by Gasteiger charge is 2.21. The van der Waals surface area contributed by atoms with E-state index >= 15 is 0 Å². The molecule has 20 heavy (non-hydrogen) atoms. The molecule has 1 aliphatic rings. The van der Waals surface area contributed by atoms with E-state index in [1.807, 2.05) is 23.1 Å². The van der Waals surface area contributed by atoms with Crippen LogP contribution in [0.4, 0.5) is 5.69 Å². The van der Waals surface area contributed by atoms with Gasteiger partial charge in [0.2, 0.25) is 0 Å². The Balaban J connectivity index is 1.82. The summed E-state index contributed by atoms with van der Waals surface area (Å²) < 4.78 is 0. The van der Waals surface area contributed by atoms with Crippen molar-refractivity contribution in [1.29, 1.82) is 0 Å². The van der Waals surface area contributed by atoms with Gasteiger partial charge in [0, 0.05) is 24.3 Å². The van der Waals surface area contributed by atoms with Crippen molar-refractivity contribution in [3.8, 4) is 5.75 Å². The Morgan fingerprint density at radius 2 is 1.85 bits per heavy atom. The quantitative estimate of drug-likeness (QED) is 0.779. The fraction of sp³-hybridized carbons (Fsp3) is 0.188. The first-order chi connectivity index (χ1) is 9.63. The summed E-state index contributed by atoms with van der Waals surface area (Å²) in [5, 5.41) is 9.27. The van der Waals surface area contributed by atoms with Crippen molar-refractivity contribution in [3.63, 3.8) is 0 Å². The molecule has 0 fully saturated rings. The van der Waals surface area contributed by atoms with Gasteiger partial charge in [0.05, 0.1) is 0 Å². The minimum absolute atomic E-state index is 0.0157. The van der Waals surface area contributed by atoms with Gasteiger partial charge in [-0.15, -0.1) is 0 Å². The molecule has 0 unspecified atom stereocenters. The topological polar surface area (TPSA) is 66.6 Å². The van der Waals surface area contributed by atoms with Crippen LogP contribution in [0.2, 0.25) is 0 Å². The standard InChI is InChI=1S/C16H16N2O2/c17-14-4-1-11-7-8-18(10-13(11)9-14)16(20)12-2-5-15(19)6-3-12/h1-6,9,19H,7-8,10,17H2. The molecule has 3 N–H and O–H groups in total. The second kappa shape index (κ2) is 4.89. The van der Waals surface area contributed by atoms with Crippen molar-refractivity contribution in [1.82, 2.24) is 4.90 Å². The fourth-order valence-corrected chi connectivity index (χ4v) is 2.54. The molecule has 1 heterocycles. The lowest BCUT2D eigenvalue weighted by atomic mass is 9.98. The van der Waals surface area contributed by atoms with Crippen LogP contribution in [0.15, 0.2) is 42.5 Å². The van der Waals surface area contributed by atoms with Crippen molar-refractivity contribution in [2.45, 2.75) is 13.0 Å². The summed E-state index contributed by atoms with van der Waals surface area (Å²) in [7, 11) is 0. The maximum Gasteiger partial charge on any atom is 0.254 e. The third-order valence-electron chi connectivity index (χ3n) is 3.64. The number of nitrogens with zero attached hydrogens (tertiary/aromatic N) is 1. The molecular weight excluding hydrogens is 252 g/mol. The first kappa shape index (κ1) is 12.5. The number of hydrogen-bond donors (Lipinski definition) is 2. The van der Waals surface area contributed by atoms with E-state index in [9.17, 15) is 9.90 Å². The van der Waals surface area contributed by atoms with E-state index in [4.69, 9.17) is 5.73 Å². The van der Waals surface area contributed by atoms with Crippen LogP contribution in [0.5, 0.6) is 5.75 Å². The summed E-state index contributed by atoms with van der Waals surface area (Å²) in [5.41, 5.74) is 9.49. The number of aromatic hydroxyl groups is 1. The summed E-state index contributed by atoms with van der Waals surface area (Å²) in [6.07, 6.45) is 0.847. The van der Waals surface area contributed by atoms with Gasteiger partial charge in [-0.1, -0.05) is 6.07 Å². The maximum atomic E-state index is 12.4. The first-order valence-electron chi connectivity index (χ1n) is 6.59. The number of amides is 1. The minimum atomic E-state index is -0.0157. The van der Waals surface area contributed by atoms with E-state index in [0.717, 1.165) is 17.7 Å². The minimum Gasteiger partial charge on any atom is -0.508 e. The molecule has 0 saturated carbocycles. The Morgan fingerprint density at radius 1 is 1.10 bits per heavy atom. The molecule has 1 amide bonds. The zero-order chi connectivity index (χ0) is 14.1. The predicted molar refractivity (Wildman–Crippen MR) is 77.4 cm³/mol. The van der Waals surface area contributed by atoms with Gasteiger partial charge in [-0.2, -0.15) is 0 Å². The zero-order valence-electron chi connectivity index (χ0n) is 11.0. The molecule has 102 valence electrons. The molecule has 0 aromatic heterocycles. The number of hydrogen-bond acceptors (Lipinski definition) is 3. The Labute approximate surface area is 117 Å². The summed E-state index contributed by atoms with van der Waals surface area (Å²) in [4.78, 5) is 14.2. The van der Waals surface area contributed by atoms with Gasteiger partial charge in [0.1, 0.15) is 5.75 Å². The van der Waals surface area contributed by atoms with Crippen LogP contribution in [0.25, 0.3) is 0 Å². The van der Waals surface area contributed by atoms with Crippen molar-refractivity contribution >= 4 is 11.6 Å². The Hall–Kier alpha value is -2.49.